The molecule has 5 aliphatic carbocycles. The molecule has 0 aliphatic heterocycles. The van der Waals surface area contributed by atoms with E-state index in [1.807, 2.05) is 0 Å². The summed E-state index contributed by atoms with van der Waals surface area (Å²) < 4.78 is 0. The Balaban J connectivity index is 1.97. The van der Waals surface area contributed by atoms with Crippen molar-refractivity contribution in [2.45, 2.75) is 39.5 Å². The molecule has 0 amide bonds. The van der Waals surface area contributed by atoms with Crippen molar-refractivity contribution in [3.05, 3.63) is 0 Å². The van der Waals surface area contributed by atoms with E-state index < -0.39 is 5.97 Å². The Hall–Kier alpha value is -0.530. The second-order valence-electron chi connectivity index (χ2n) is 6.32. The van der Waals surface area contributed by atoms with Gasteiger partial charge < -0.3 is 5.11 Å². The van der Waals surface area contributed by atoms with Gasteiger partial charge in [-0.1, -0.05) is 13.8 Å². The predicted molar refractivity (Wildman–Crippen MR) is 52.8 cm³/mol. The molecule has 0 spiro atoms. The third kappa shape index (κ3) is 0.768. The van der Waals surface area contributed by atoms with E-state index in [0.717, 1.165) is 12.3 Å². The second-order valence-corrected chi connectivity index (χ2v) is 6.32. The van der Waals surface area contributed by atoms with Gasteiger partial charge in [-0.2, -0.15) is 0 Å². The molecule has 5 saturated carbocycles. The first-order chi connectivity index (χ1) is 6.46. The van der Waals surface area contributed by atoms with Crippen molar-refractivity contribution < 1.29 is 9.90 Å². The zero-order valence-corrected chi connectivity index (χ0v) is 8.92. The molecule has 0 unspecified atom stereocenters. The molecule has 0 aromatic heterocycles. The average Bonchev–Trinajstić information content (AvgIpc) is 1.99. The fourth-order valence-electron chi connectivity index (χ4n) is 5.09. The number of rotatable bonds is 1. The maximum absolute atomic E-state index is 11.2. The Labute approximate surface area is 84.7 Å². The minimum absolute atomic E-state index is 0.0270. The lowest BCUT2D eigenvalue weighted by Crippen LogP contribution is -2.67. The Kier molecular flexibility index (Phi) is 1.36. The number of hydrogen-bond donors (Lipinski definition) is 1. The Bertz CT molecular complexity index is 311. The van der Waals surface area contributed by atoms with E-state index in [0.29, 0.717) is 11.3 Å². The maximum atomic E-state index is 11.2. The van der Waals surface area contributed by atoms with Crippen molar-refractivity contribution in [1.29, 1.82) is 0 Å². The zero-order valence-electron chi connectivity index (χ0n) is 8.92. The molecule has 14 heavy (non-hydrogen) atoms. The lowest BCUT2D eigenvalue weighted by molar-refractivity contribution is -0.239. The molecule has 5 rings (SSSR count). The second kappa shape index (κ2) is 2.17. The number of carboxylic acids is 1. The molecule has 78 valence electrons. The van der Waals surface area contributed by atoms with Gasteiger partial charge in [0.25, 0.3) is 0 Å². The molecular formula is C12H18O2. The average molecular weight is 194 g/mol. The number of carbonyl (C=O) groups is 1. The van der Waals surface area contributed by atoms with Crippen LogP contribution in [0, 0.1) is 28.6 Å². The highest BCUT2D eigenvalue weighted by Crippen LogP contribution is 2.74. The SMILES string of the molecule is C[C@@]12CC[C@@H]3[C@H](C1)[C@@H](C(=O)O)[C@]3(C)C2. The number of aliphatic carboxylic acids is 1. The monoisotopic (exact) mass is 194 g/mol. The van der Waals surface area contributed by atoms with Gasteiger partial charge in [-0.25, -0.2) is 0 Å². The van der Waals surface area contributed by atoms with E-state index in [9.17, 15) is 9.90 Å². The minimum atomic E-state index is -0.544. The third-order valence-electron chi connectivity index (χ3n) is 5.36. The van der Waals surface area contributed by atoms with Crippen molar-refractivity contribution in [2.24, 2.45) is 28.6 Å². The summed E-state index contributed by atoms with van der Waals surface area (Å²) in [6.45, 7) is 4.56. The quantitative estimate of drug-likeness (QED) is 0.696. The van der Waals surface area contributed by atoms with Crippen molar-refractivity contribution >= 4 is 5.97 Å². The highest BCUT2D eigenvalue weighted by atomic mass is 16.4. The van der Waals surface area contributed by atoms with Crippen LogP contribution in [0.3, 0.4) is 0 Å². The molecule has 4 bridgehead atoms. The van der Waals surface area contributed by atoms with E-state index in [1.54, 1.807) is 0 Å². The minimum Gasteiger partial charge on any atom is -0.481 e. The van der Waals surface area contributed by atoms with Crippen LogP contribution in [0.15, 0.2) is 0 Å². The molecule has 2 nitrogen and oxygen atoms in total. The summed E-state index contributed by atoms with van der Waals surface area (Å²) >= 11 is 0. The van der Waals surface area contributed by atoms with Gasteiger partial charge in [0.05, 0.1) is 5.92 Å². The van der Waals surface area contributed by atoms with Gasteiger partial charge in [0.2, 0.25) is 0 Å². The molecule has 2 heteroatoms. The number of carboxylic acid groups (broad SMARTS) is 1. The Morgan fingerprint density at radius 1 is 1.43 bits per heavy atom. The largest absolute Gasteiger partial charge is 0.481 e. The summed E-state index contributed by atoms with van der Waals surface area (Å²) in [4.78, 5) is 11.2. The van der Waals surface area contributed by atoms with Gasteiger partial charge in [0.15, 0.2) is 0 Å². The normalized spacial score (nSPS) is 59.4. The summed E-state index contributed by atoms with van der Waals surface area (Å²) in [5.41, 5.74) is 0.613. The van der Waals surface area contributed by atoms with Gasteiger partial charge >= 0.3 is 5.97 Å². The predicted octanol–water partition coefficient (Wildman–Crippen LogP) is 2.53. The molecule has 5 atom stereocenters. The maximum Gasteiger partial charge on any atom is 0.307 e. The smallest absolute Gasteiger partial charge is 0.307 e. The first-order valence-corrected chi connectivity index (χ1v) is 5.69. The van der Waals surface area contributed by atoms with Crippen molar-refractivity contribution in [2.75, 3.05) is 0 Å². The van der Waals surface area contributed by atoms with E-state index >= 15 is 0 Å². The fraction of sp³-hybridized carbons (Fsp3) is 0.917. The first kappa shape index (κ1) is 8.75. The van der Waals surface area contributed by atoms with E-state index in [2.05, 4.69) is 13.8 Å². The Morgan fingerprint density at radius 3 is 2.64 bits per heavy atom. The van der Waals surface area contributed by atoms with E-state index in [-0.39, 0.29) is 11.3 Å². The molecule has 0 aromatic rings. The lowest BCUT2D eigenvalue weighted by atomic mass is 9.33. The Morgan fingerprint density at radius 2 is 2.14 bits per heavy atom. The highest BCUT2D eigenvalue weighted by molar-refractivity contribution is 5.73. The van der Waals surface area contributed by atoms with Crippen LogP contribution in [0.25, 0.3) is 0 Å². The molecule has 5 fully saturated rings. The zero-order chi connectivity index (χ0) is 10.1. The van der Waals surface area contributed by atoms with Crippen LogP contribution < -0.4 is 0 Å². The van der Waals surface area contributed by atoms with Crippen molar-refractivity contribution in [3.8, 4) is 0 Å². The molecule has 0 aromatic carbocycles. The van der Waals surface area contributed by atoms with Crippen LogP contribution in [0.1, 0.15) is 39.5 Å². The molecule has 5 aliphatic rings. The van der Waals surface area contributed by atoms with E-state index in [4.69, 9.17) is 0 Å². The topological polar surface area (TPSA) is 37.3 Å². The van der Waals surface area contributed by atoms with Crippen molar-refractivity contribution in [1.82, 2.24) is 0 Å². The lowest BCUT2D eigenvalue weighted by Gasteiger charge is -2.71. The summed E-state index contributed by atoms with van der Waals surface area (Å²) in [7, 11) is 0. The standard InChI is InChI=1S/C12H18O2/c1-11-4-3-8-7(5-11)9(10(13)14)12(8,2)6-11/h7-9H,3-6H2,1-2H3,(H,13,14)/t7-,8+,9-,11+,12+/m0/s1. The van der Waals surface area contributed by atoms with Crippen LogP contribution in [0.2, 0.25) is 0 Å². The molecule has 0 saturated heterocycles. The summed E-state index contributed by atoms with van der Waals surface area (Å²) in [5, 5.41) is 9.22. The van der Waals surface area contributed by atoms with Crippen LogP contribution in [0.5, 0.6) is 0 Å². The molecular weight excluding hydrogens is 176 g/mol. The van der Waals surface area contributed by atoms with Gasteiger partial charge in [0.1, 0.15) is 0 Å². The van der Waals surface area contributed by atoms with E-state index in [1.165, 1.54) is 19.3 Å². The third-order valence-corrected chi connectivity index (χ3v) is 5.36. The summed E-state index contributed by atoms with van der Waals surface area (Å²) in [5.74, 6) is 0.661. The summed E-state index contributed by atoms with van der Waals surface area (Å²) in [6.07, 6.45) is 4.93. The molecule has 0 radical (unpaired) electrons. The summed E-state index contributed by atoms with van der Waals surface area (Å²) in [6, 6.07) is 0. The molecule has 0 heterocycles. The van der Waals surface area contributed by atoms with Gasteiger partial charge in [0, 0.05) is 0 Å². The molecule has 1 N–H and O–H groups in total. The van der Waals surface area contributed by atoms with Gasteiger partial charge in [-0.05, 0) is 48.3 Å². The first-order valence-electron chi connectivity index (χ1n) is 5.69. The number of hydrogen-bond acceptors (Lipinski definition) is 1. The van der Waals surface area contributed by atoms with Gasteiger partial charge in [-0.15, -0.1) is 0 Å². The fourth-order valence-corrected chi connectivity index (χ4v) is 5.09. The van der Waals surface area contributed by atoms with Crippen LogP contribution in [-0.2, 0) is 4.79 Å². The van der Waals surface area contributed by atoms with Gasteiger partial charge in [-0.3, -0.25) is 4.79 Å². The van der Waals surface area contributed by atoms with Crippen molar-refractivity contribution in [3.63, 3.8) is 0 Å². The van der Waals surface area contributed by atoms with Crippen LogP contribution >= 0.6 is 0 Å². The highest BCUT2D eigenvalue weighted by Gasteiger charge is 2.69. The van der Waals surface area contributed by atoms with Crippen LogP contribution in [-0.4, -0.2) is 11.1 Å². The van der Waals surface area contributed by atoms with Crippen LogP contribution in [0.4, 0.5) is 0 Å². The number of fused-ring (bicyclic) bond motifs is 1.